The van der Waals surface area contributed by atoms with Crippen molar-refractivity contribution in [2.24, 2.45) is 0 Å². The molecule has 0 saturated carbocycles. The van der Waals surface area contributed by atoms with Crippen LogP contribution in [0, 0.1) is 0 Å². The number of fused-ring (bicyclic) bond motifs is 2. The van der Waals surface area contributed by atoms with Gasteiger partial charge in [0.2, 0.25) is 0 Å². The molecule has 9 aromatic carbocycles. The minimum atomic E-state index is 0.162. The van der Waals surface area contributed by atoms with Crippen LogP contribution in [0.25, 0.3) is 71.6 Å². The number of rotatable bonds is 8. The van der Waals surface area contributed by atoms with Gasteiger partial charge in [-0.05, 0) is 126 Å². The molecule has 0 radical (unpaired) electrons. The number of allylic oxidation sites excluding steroid dienone is 2. The predicted octanol–water partition coefficient (Wildman–Crippen LogP) is 15.2. The Labute approximate surface area is 335 Å². The van der Waals surface area contributed by atoms with Gasteiger partial charge in [-0.2, -0.15) is 0 Å². The summed E-state index contributed by atoms with van der Waals surface area (Å²) in [5, 5.41) is 5.00. The van der Waals surface area contributed by atoms with Gasteiger partial charge >= 0.3 is 0 Å². The zero-order valence-electron chi connectivity index (χ0n) is 31.7. The lowest BCUT2D eigenvalue weighted by Crippen LogP contribution is -2.30. The lowest BCUT2D eigenvalue weighted by Gasteiger charge is -2.33. The van der Waals surface area contributed by atoms with Crippen molar-refractivity contribution >= 4 is 38.5 Å². The van der Waals surface area contributed by atoms with Crippen LogP contribution in [0.1, 0.15) is 12.0 Å². The molecule has 0 amide bonds. The normalized spacial score (nSPS) is 13.8. The van der Waals surface area contributed by atoms with Gasteiger partial charge < -0.3 is 4.90 Å². The van der Waals surface area contributed by atoms with Crippen LogP contribution in [0.2, 0.25) is 0 Å². The highest BCUT2D eigenvalue weighted by Crippen LogP contribution is 2.40. The maximum Gasteiger partial charge on any atom is 0.0560 e. The number of nitrogens with zero attached hydrogens (tertiary/aromatic N) is 1. The Morgan fingerprint density at radius 2 is 0.807 bits per heavy atom. The molecule has 0 N–H and O–H groups in total. The lowest BCUT2D eigenvalue weighted by atomic mass is 9.89. The fraction of sp³-hybridized carbons (Fsp3) is 0.0357. The summed E-state index contributed by atoms with van der Waals surface area (Å²) in [6, 6.07) is 77.5. The Hall–Kier alpha value is -7.22. The van der Waals surface area contributed by atoms with Crippen molar-refractivity contribution in [3.63, 3.8) is 0 Å². The van der Waals surface area contributed by atoms with Crippen LogP contribution in [-0.2, 0) is 0 Å². The van der Waals surface area contributed by atoms with E-state index in [4.69, 9.17) is 0 Å². The Morgan fingerprint density at radius 1 is 0.333 bits per heavy atom. The topological polar surface area (TPSA) is 3.24 Å². The molecule has 0 bridgehead atoms. The van der Waals surface area contributed by atoms with Gasteiger partial charge in [0.15, 0.2) is 0 Å². The van der Waals surface area contributed by atoms with Gasteiger partial charge in [-0.3, -0.25) is 0 Å². The quantitative estimate of drug-likeness (QED) is 0.151. The third-order valence-corrected chi connectivity index (χ3v) is 11.4. The van der Waals surface area contributed by atoms with E-state index in [9.17, 15) is 0 Å². The monoisotopic (exact) mass is 727 g/mol. The summed E-state index contributed by atoms with van der Waals surface area (Å²) >= 11 is 0. The Balaban J connectivity index is 1.05. The van der Waals surface area contributed by atoms with Gasteiger partial charge in [-0.1, -0.05) is 188 Å². The van der Waals surface area contributed by atoms with E-state index in [0.29, 0.717) is 0 Å². The first-order valence-corrected chi connectivity index (χ1v) is 19.8. The van der Waals surface area contributed by atoms with E-state index < -0.39 is 0 Å². The fourth-order valence-electron chi connectivity index (χ4n) is 8.36. The first-order valence-electron chi connectivity index (χ1n) is 19.8. The fourth-order valence-corrected chi connectivity index (χ4v) is 8.36. The van der Waals surface area contributed by atoms with E-state index in [2.05, 4.69) is 235 Å². The van der Waals surface area contributed by atoms with Crippen molar-refractivity contribution in [1.82, 2.24) is 0 Å². The molecule has 270 valence electrons. The molecule has 1 unspecified atom stereocenters. The molecule has 10 rings (SSSR count). The highest BCUT2D eigenvalue weighted by Gasteiger charge is 2.21. The van der Waals surface area contributed by atoms with E-state index in [1.165, 1.54) is 82.9 Å². The lowest BCUT2D eigenvalue weighted by molar-refractivity contribution is 0.787. The SMILES string of the molecule is C1=CC(N(c2ccc(-c3ccccc3)cc2)c2ccc(-c3cc(-c4ccc5ccccc5c4)ccc3-c3ccc4ccccc4c3)cc2)CC=C1c1ccccc1. The molecule has 0 heterocycles. The highest BCUT2D eigenvalue weighted by molar-refractivity contribution is 5.94. The van der Waals surface area contributed by atoms with Crippen LogP contribution in [0.3, 0.4) is 0 Å². The van der Waals surface area contributed by atoms with Gasteiger partial charge in [-0.15, -0.1) is 0 Å². The molecular formula is C56H41N. The molecule has 1 aliphatic carbocycles. The Kier molecular flexibility index (Phi) is 9.10. The second kappa shape index (κ2) is 15.1. The van der Waals surface area contributed by atoms with Crippen molar-refractivity contribution in [3.8, 4) is 44.5 Å². The summed E-state index contributed by atoms with van der Waals surface area (Å²) in [5.41, 5.74) is 14.6. The summed E-state index contributed by atoms with van der Waals surface area (Å²) < 4.78 is 0. The average molecular weight is 728 g/mol. The van der Waals surface area contributed by atoms with E-state index in [-0.39, 0.29) is 6.04 Å². The first-order chi connectivity index (χ1) is 28.2. The number of benzene rings is 9. The highest BCUT2D eigenvalue weighted by atomic mass is 15.2. The van der Waals surface area contributed by atoms with Crippen LogP contribution in [0.4, 0.5) is 11.4 Å². The Bertz CT molecular complexity index is 2900. The third-order valence-electron chi connectivity index (χ3n) is 11.4. The van der Waals surface area contributed by atoms with Crippen LogP contribution >= 0.6 is 0 Å². The zero-order valence-corrected chi connectivity index (χ0v) is 31.7. The van der Waals surface area contributed by atoms with Crippen LogP contribution in [0.5, 0.6) is 0 Å². The number of anilines is 2. The maximum atomic E-state index is 2.49. The number of hydrogen-bond acceptors (Lipinski definition) is 1. The molecule has 1 nitrogen and oxygen atoms in total. The van der Waals surface area contributed by atoms with Gasteiger partial charge in [0.05, 0.1) is 6.04 Å². The minimum Gasteiger partial charge on any atom is -0.334 e. The largest absolute Gasteiger partial charge is 0.334 e. The molecule has 0 aliphatic heterocycles. The van der Waals surface area contributed by atoms with Crippen LogP contribution < -0.4 is 4.90 Å². The zero-order chi connectivity index (χ0) is 38.0. The van der Waals surface area contributed by atoms with Crippen LogP contribution in [0.15, 0.2) is 231 Å². The molecule has 57 heavy (non-hydrogen) atoms. The predicted molar refractivity (Wildman–Crippen MR) is 244 cm³/mol. The molecule has 0 spiro atoms. The summed E-state index contributed by atoms with van der Waals surface area (Å²) in [6.45, 7) is 0. The summed E-state index contributed by atoms with van der Waals surface area (Å²) in [5.74, 6) is 0. The summed E-state index contributed by atoms with van der Waals surface area (Å²) in [4.78, 5) is 2.49. The van der Waals surface area contributed by atoms with Gasteiger partial charge in [0, 0.05) is 11.4 Å². The van der Waals surface area contributed by atoms with E-state index in [0.717, 1.165) is 12.1 Å². The average Bonchev–Trinajstić information content (AvgIpc) is 3.30. The maximum absolute atomic E-state index is 2.49. The second-order valence-corrected chi connectivity index (χ2v) is 14.9. The molecular weight excluding hydrogens is 687 g/mol. The van der Waals surface area contributed by atoms with Gasteiger partial charge in [0.25, 0.3) is 0 Å². The number of hydrogen-bond donors (Lipinski definition) is 0. The van der Waals surface area contributed by atoms with Crippen LogP contribution in [-0.4, -0.2) is 6.04 Å². The first kappa shape index (κ1) is 34.3. The molecule has 0 fully saturated rings. The van der Waals surface area contributed by atoms with Crippen molar-refractivity contribution in [2.75, 3.05) is 4.90 Å². The molecule has 9 aromatic rings. The smallest absolute Gasteiger partial charge is 0.0560 e. The molecule has 0 aromatic heterocycles. The summed E-state index contributed by atoms with van der Waals surface area (Å²) in [6.07, 6.45) is 7.94. The summed E-state index contributed by atoms with van der Waals surface area (Å²) in [7, 11) is 0. The van der Waals surface area contributed by atoms with E-state index in [1.54, 1.807) is 0 Å². The van der Waals surface area contributed by atoms with Crippen molar-refractivity contribution in [1.29, 1.82) is 0 Å². The van der Waals surface area contributed by atoms with Crippen molar-refractivity contribution in [2.45, 2.75) is 12.5 Å². The van der Waals surface area contributed by atoms with Gasteiger partial charge in [-0.25, -0.2) is 0 Å². The second-order valence-electron chi connectivity index (χ2n) is 14.9. The molecule has 1 atom stereocenters. The molecule has 1 aliphatic rings. The van der Waals surface area contributed by atoms with Crippen molar-refractivity contribution in [3.05, 3.63) is 236 Å². The third kappa shape index (κ3) is 6.97. The molecule has 1 heteroatoms. The van der Waals surface area contributed by atoms with E-state index in [1.807, 2.05) is 0 Å². The molecule has 0 saturated heterocycles. The Morgan fingerprint density at radius 3 is 1.42 bits per heavy atom. The van der Waals surface area contributed by atoms with Crippen molar-refractivity contribution < 1.29 is 0 Å². The van der Waals surface area contributed by atoms with Gasteiger partial charge in [0.1, 0.15) is 0 Å². The minimum absolute atomic E-state index is 0.162. The van der Waals surface area contributed by atoms with E-state index >= 15 is 0 Å². The standard InChI is InChI=1S/C56H41N/c1-3-11-40(12-4-1)44-23-30-52(31-24-44)57(53-32-25-45(26-33-53)41-13-5-2-6-14-41)54-34-27-46(28-35-54)56-39-50(49-21-19-42-15-7-9-17-47(42)37-49)29-36-55(56)51-22-20-43-16-8-10-18-48(43)38-51/h1-32,34-39,53H,33H2.